The van der Waals surface area contributed by atoms with Crippen molar-refractivity contribution >= 4 is 33.8 Å². The summed E-state index contributed by atoms with van der Waals surface area (Å²) in [4.78, 5) is 26.7. The second-order valence-electron chi connectivity index (χ2n) is 14.0. The molecule has 268 valence electrons. The van der Waals surface area contributed by atoms with Gasteiger partial charge in [0.05, 0.1) is 24.4 Å². The lowest BCUT2D eigenvalue weighted by Gasteiger charge is -2.14. The number of amides is 2. The first kappa shape index (κ1) is 35.6. The first-order valence-corrected chi connectivity index (χ1v) is 19.2. The standard InChI is InChI=1S/C42H54N2O6/c1-3-5-7-9-11-13-15-17-23-47-31-21-19-29-25-35(49-33(29)27-31)39-37-38(42(46)43-39)40(44-41(37)45)36-26-30-20-22-32(28-34(30)50-36)48-24-18-16-14-12-10-8-6-4-2/h19-22,25-28,39-40H,3-18,23-24H2,1-2H3,(H,43,46)(H,44,45). The van der Waals surface area contributed by atoms with Gasteiger partial charge in [-0.3, -0.25) is 9.59 Å². The Morgan fingerprint density at radius 3 is 1.30 bits per heavy atom. The highest BCUT2D eigenvalue weighted by molar-refractivity contribution is 6.14. The molecule has 0 saturated carbocycles. The molecule has 2 aliphatic rings. The number of furan rings is 2. The lowest BCUT2D eigenvalue weighted by atomic mass is 10.0. The molecule has 2 amide bonds. The molecule has 2 unspecified atom stereocenters. The summed E-state index contributed by atoms with van der Waals surface area (Å²) in [5, 5.41) is 7.73. The van der Waals surface area contributed by atoms with E-state index in [-0.39, 0.29) is 11.8 Å². The van der Waals surface area contributed by atoms with Gasteiger partial charge < -0.3 is 28.9 Å². The molecule has 2 aliphatic heterocycles. The van der Waals surface area contributed by atoms with Crippen LogP contribution in [0.3, 0.4) is 0 Å². The molecule has 8 nitrogen and oxygen atoms in total. The van der Waals surface area contributed by atoms with Crippen molar-refractivity contribution in [3.8, 4) is 11.5 Å². The topological polar surface area (TPSA) is 103 Å². The Morgan fingerprint density at radius 1 is 0.520 bits per heavy atom. The Morgan fingerprint density at radius 2 is 0.900 bits per heavy atom. The van der Waals surface area contributed by atoms with E-state index in [0.29, 0.717) is 47.0 Å². The molecule has 2 N–H and O–H groups in total. The third-order valence-electron chi connectivity index (χ3n) is 10.0. The average molecular weight is 683 g/mol. The van der Waals surface area contributed by atoms with E-state index in [1.807, 2.05) is 48.5 Å². The zero-order valence-corrected chi connectivity index (χ0v) is 30.0. The maximum atomic E-state index is 13.3. The fourth-order valence-electron chi connectivity index (χ4n) is 7.19. The van der Waals surface area contributed by atoms with Gasteiger partial charge in [0, 0.05) is 22.9 Å². The number of rotatable bonds is 22. The van der Waals surface area contributed by atoms with Crippen LogP contribution in [-0.2, 0) is 9.59 Å². The smallest absolute Gasteiger partial charge is 0.251 e. The van der Waals surface area contributed by atoms with Gasteiger partial charge in [-0.1, -0.05) is 104 Å². The van der Waals surface area contributed by atoms with Crippen LogP contribution in [0.2, 0.25) is 0 Å². The van der Waals surface area contributed by atoms with E-state index in [9.17, 15) is 9.59 Å². The maximum absolute atomic E-state index is 13.3. The quantitative estimate of drug-likeness (QED) is 0.0800. The molecule has 4 aromatic rings. The summed E-state index contributed by atoms with van der Waals surface area (Å²) < 4.78 is 24.5. The molecule has 2 aromatic carbocycles. The zero-order valence-electron chi connectivity index (χ0n) is 30.0. The van der Waals surface area contributed by atoms with Crippen LogP contribution < -0.4 is 20.1 Å². The van der Waals surface area contributed by atoms with E-state index >= 15 is 0 Å². The van der Waals surface area contributed by atoms with Crippen molar-refractivity contribution in [2.75, 3.05) is 13.2 Å². The van der Waals surface area contributed by atoms with Crippen molar-refractivity contribution in [1.82, 2.24) is 10.6 Å². The Hall–Kier alpha value is -4.20. The van der Waals surface area contributed by atoms with Crippen LogP contribution in [0.25, 0.3) is 21.9 Å². The first-order valence-electron chi connectivity index (χ1n) is 19.2. The number of benzene rings is 2. The van der Waals surface area contributed by atoms with Crippen LogP contribution in [0.15, 0.2) is 68.5 Å². The summed E-state index contributed by atoms with van der Waals surface area (Å²) in [6.07, 6.45) is 20.0. The SMILES string of the molecule is CCCCCCCCCCOc1ccc2cc(C3NC(=O)C4=C3C(=O)NC4c3cc4ccc(OCCCCCCCCCC)cc4o3)oc2c1. The normalized spacial score (nSPS) is 17.2. The van der Waals surface area contributed by atoms with Crippen LogP contribution in [0, 0.1) is 0 Å². The molecule has 50 heavy (non-hydrogen) atoms. The molecule has 0 aliphatic carbocycles. The second kappa shape index (κ2) is 17.6. The maximum Gasteiger partial charge on any atom is 0.251 e. The van der Waals surface area contributed by atoms with Crippen LogP contribution in [-0.4, -0.2) is 25.0 Å². The first-order chi connectivity index (χ1) is 24.6. The van der Waals surface area contributed by atoms with Gasteiger partial charge in [0.25, 0.3) is 11.8 Å². The number of ether oxygens (including phenoxy) is 2. The van der Waals surface area contributed by atoms with Gasteiger partial charge in [-0.25, -0.2) is 0 Å². The number of hydrogen-bond donors (Lipinski definition) is 2. The van der Waals surface area contributed by atoms with Gasteiger partial charge in [-0.2, -0.15) is 0 Å². The van der Waals surface area contributed by atoms with Crippen molar-refractivity contribution in [3.05, 3.63) is 71.2 Å². The highest BCUT2D eigenvalue weighted by Gasteiger charge is 2.48. The van der Waals surface area contributed by atoms with Crippen LogP contribution in [0.4, 0.5) is 0 Å². The van der Waals surface area contributed by atoms with E-state index in [1.165, 1.54) is 89.9 Å². The molecule has 8 heteroatoms. The molecule has 2 atom stereocenters. The molecule has 0 bridgehead atoms. The van der Waals surface area contributed by atoms with Crippen molar-refractivity contribution < 1.29 is 27.9 Å². The zero-order chi connectivity index (χ0) is 34.7. The van der Waals surface area contributed by atoms with Gasteiger partial charge in [0.2, 0.25) is 0 Å². The minimum atomic E-state index is -0.683. The third-order valence-corrected chi connectivity index (χ3v) is 10.0. The van der Waals surface area contributed by atoms with Gasteiger partial charge in [-0.05, 0) is 49.2 Å². The number of fused-ring (bicyclic) bond motifs is 2. The third kappa shape index (κ3) is 8.74. The lowest BCUT2D eigenvalue weighted by Crippen LogP contribution is -2.33. The van der Waals surface area contributed by atoms with E-state index in [4.69, 9.17) is 18.3 Å². The van der Waals surface area contributed by atoms with Crippen LogP contribution in [0.1, 0.15) is 140 Å². The van der Waals surface area contributed by atoms with Crippen molar-refractivity contribution in [2.24, 2.45) is 0 Å². The Bertz CT molecular complexity index is 1640. The number of hydrogen-bond acceptors (Lipinski definition) is 6. The highest BCUT2D eigenvalue weighted by Crippen LogP contribution is 2.43. The van der Waals surface area contributed by atoms with Crippen molar-refractivity contribution in [2.45, 2.75) is 129 Å². The van der Waals surface area contributed by atoms with Crippen LogP contribution >= 0.6 is 0 Å². The summed E-state index contributed by atoms with van der Waals surface area (Å²) in [5.74, 6) is 1.91. The summed E-state index contributed by atoms with van der Waals surface area (Å²) in [6, 6.07) is 14.0. The fourth-order valence-corrected chi connectivity index (χ4v) is 7.19. The molecule has 0 fully saturated rings. The molecule has 0 spiro atoms. The van der Waals surface area contributed by atoms with E-state index in [1.54, 1.807) is 0 Å². The van der Waals surface area contributed by atoms with Crippen molar-refractivity contribution in [3.63, 3.8) is 0 Å². The molecule has 6 rings (SSSR count). The van der Waals surface area contributed by atoms with Gasteiger partial charge in [0.15, 0.2) is 0 Å². The summed E-state index contributed by atoms with van der Waals surface area (Å²) in [7, 11) is 0. The molecule has 4 heterocycles. The summed E-state index contributed by atoms with van der Waals surface area (Å²) >= 11 is 0. The highest BCUT2D eigenvalue weighted by atomic mass is 16.5. The minimum Gasteiger partial charge on any atom is -0.493 e. The Kier molecular flexibility index (Phi) is 12.6. The van der Waals surface area contributed by atoms with Crippen LogP contribution in [0.5, 0.6) is 11.5 Å². The van der Waals surface area contributed by atoms with Crippen molar-refractivity contribution in [1.29, 1.82) is 0 Å². The van der Waals surface area contributed by atoms with E-state index in [2.05, 4.69) is 24.5 Å². The number of nitrogens with one attached hydrogen (secondary N) is 2. The van der Waals surface area contributed by atoms with E-state index in [0.717, 1.165) is 35.1 Å². The lowest BCUT2D eigenvalue weighted by molar-refractivity contribution is -0.118. The monoisotopic (exact) mass is 682 g/mol. The predicted octanol–water partition coefficient (Wildman–Crippen LogP) is 10.6. The summed E-state index contributed by atoms with van der Waals surface area (Å²) in [6.45, 7) is 5.82. The molecular weight excluding hydrogens is 628 g/mol. The number of carbonyl (C=O) groups is 2. The fraction of sp³-hybridized carbons (Fsp3) is 0.524. The number of carbonyl (C=O) groups excluding carboxylic acids is 2. The molecule has 0 radical (unpaired) electrons. The van der Waals surface area contributed by atoms with E-state index < -0.39 is 12.1 Å². The Labute approximate surface area is 296 Å². The largest absolute Gasteiger partial charge is 0.493 e. The van der Waals surface area contributed by atoms with Gasteiger partial charge >= 0.3 is 0 Å². The second-order valence-corrected chi connectivity index (χ2v) is 14.0. The molecule has 2 aromatic heterocycles. The Balaban J connectivity index is 1.05. The molecular formula is C42H54N2O6. The minimum absolute atomic E-state index is 0.307. The molecule has 0 saturated heterocycles. The van der Waals surface area contributed by atoms with Gasteiger partial charge in [0.1, 0.15) is 46.3 Å². The number of unbranched alkanes of at least 4 members (excludes halogenated alkanes) is 14. The predicted molar refractivity (Wildman–Crippen MR) is 197 cm³/mol. The summed E-state index contributed by atoms with van der Waals surface area (Å²) in [5.41, 5.74) is 2.06. The van der Waals surface area contributed by atoms with Gasteiger partial charge in [-0.15, -0.1) is 0 Å². The average Bonchev–Trinajstić information content (AvgIpc) is 3.89.